The van der Waals surface area contributed by atoms with E-state index in [1.165, 1.54) is 11.1 Å². The van der Waals surface area contributed by atoms with Crippen molar-refractivity contribution in [2.45, 2.75) is 13.3 Å². The highest BCUT2D eigenvalue weighted by Crippen LogP contribution is 2.13. The van der Waals surface area contributed by atoms with Crippen LogP contribution in [0, 0.1) is 6.92 Å². The first-order valence-corrected chi connectivity index (χ1v) is 6.38. The Labute approximate surface area is 116 Å². The lowest BCUT2D eigenvalue weighted by molar-refractivity contribution is 0.0697. The Morgan fingerprint density at radius 1 is 1.25 bits per heavy atom. The largest absolute Gasteiger partial charge is 0.478 e. The van der Waals surface area contributed by atoms with E-state index in [0.29, 0.717) is 5.65 Å². The van der Waals surface area contributed by atoms with Gasteiger partial charge in [-0.05, 0) is 24.6 Å². The van der Waals surface area contributed by atoms with Crippen LogP contribution in [0.4, 0.5) is 0 Å². The molecule has 0 bridgehead atoms. The Morgan fingerprint density at radius 2 is 2.00 bits per heavy atom. The topological polar surface area (TPSA) is 54.6 Å². The van der Waals surface area contributed by atoms with E-state index in [4.69, 9.17) is 5.11 Å². The monoisotopic (exact) mass is 266 g/mol. The number of hydrogen-bond donors (Lipinski definition) is 1. The molecule has 2 heterocycles. The van der Waals surface area contributed by atoms with Gasteiger partial charge in [0.05, 0.1) is 11.3 Å². The number of imidazole rings is 1. The van der Waals surface area contributed by atoms with Crippen LogP contribution in [0.25, 0.3) is 5.65 Å². The van der Waals surface area contributed by atoms with Crippen LogP contribution >= 0.6 is 0 Å². The van der Waals surface area contributed by atoms with Crippen molar-refractivity contribution in [3.8, 4) is 0 Å². The van der Waals surface area contributed by atoms with E-state index in [9.17, 15) is 4.79 Å². The molecule has 0 aliphatic heterocycles. The third-order valence-corrected chi connectivity index (χ3v) is 3.26. The third-order valence-electron chi connectivity index (χ3n) is 3.26. The summed E-state index contributed by atoms with van der Waals surface area (Å²) in [5, 5.41) is 8.98. The van der Waals surface area contributed by atoms with Crippen molar-refractivity contribution in [1.29, 1.82) is 0 Å². The van der Waals surface area contributed by atoms with Crippen molar-refractivity contribution in [1.82, 2.24) is 9.38 Å². The van der Waals surface area contributed by atoms with Gasteiger partial charge in [0, 0.05) is 18.8 Å². The molecule has 4 heteroatoms. The van der Waals surface area contributed by atoms with Crippen LogP contribution in [0.3, 0.4) is 0 Å². The fourth-order valence-electron chi connectivity index (χ4n) is 2.17. The highest BCUT2D eigenvalue weighted by Gasteiger charge is 2.07. The van der Waals surface area contributed by atoms with Gasteiger partial charge in [-0.3, -0.25) is 0 Å². The second-order valence-corrected chi connectivity index (χ2v) is 4.88. The second-order valence-electron chi connectivity index (χ2n) is 4.88. The molecule has 1 aromatic carbocycles. The quantitative estimate of drug-likeness (QED) is 0.793. The number of pyridine rings is 1. The van der Waals surface area contributed by atoms with Crippen molar-refractivity contribution in [2.24, 2.45) is 0 Å². The summed E-state index contributed by atoms with van der Waals surface area (Å²) in [6, 6.07) is 11.5. The fraction of sp³-hybridized carbons (Fsp3) is 0.125. The Bertz CT molecular complexity index is 773. The van der Waals surface area contributed by atoms with Gasteiger partial charge in [0.1, 0.15) is 5.65 Å². The van der Waals surface area contributed by atoms with E-state index in [-0.39, 0.29) is 5.56 Å². The molecule has 2 aromatic heterocycles. The summed E-state index contributed by atoms with van der Waals surface area (Å²) in [5.74, 6) is -0.935. The molecule has 0 amide bonds. The van der Waals surface area contributed by atoms with E-state index < -0.39 is 5.97 Å². The van der Waals surface area contributed by atoms with Crippen molar-refractivity contribution in [3.05, 3.63) is 71.2 Å². The zero-order valence-corrected chi connectivity index (χ0v) is 11.1. The van der Waals surface area contributed by atoms with E-state index in [0.717, 1.165) is 12.1 Å². The van der Waals surface area contributed by atoms with Gasteiger partial charge in [-0.25, -0.2) is 9.78 Å². The molecule has 0 spiro atoms. The predicted octanol–water partition coefficient (Wildman–Crippen LogP) is 2.93. The van der Waals surface area contributed by atoms with Crippen LogP contribution in [0.15, 0.2) is 48.8 Å². The van der Waals surface area contributed by atoms with E-state index in [1.54, 1.807) is 18.3 Å². The Balaban J connectivity index is 1.92. The maximum atomic E-state index is 10.9. The maximum Gasteiger partial charge on any atom is 0.335 e. The van der Waals surface area contributed by atoms with Gasteiger partial charge in [-0.2, -0.15) is 0 Å². The van der Waals surface area contributed by atoms with Gasteiger partial charge >= 0.3 is 5.97 Å². The highest BCUT2D eigenvalue weighted by atomic mass is 16.4. The molecule has 0 atom stereocenters. The maximum absolute atomic E-state index is 10.9. The van der Waals surface area contributed by atoms with Crippen molar-refractivity contribution in [3.63, 3.8) is 0 Å². The molecule has 0 aliphatic carbocycles. The van der Waals surface area contributed by atoms with Crippen LogP contribution in [0.5, 0.6) is 0 Å². The van der Waals surface area contributed by atoms with Crippen LogP contribution in [-0.2, 0) is 6.42 Å². The van der Waals surface area contributed by atoms with Crippen molar-refractivity contribution in [2.75, 3.05) is 0 Å². The third kappa shape index (κ3) is 2.40. The molecule has 3 rings (SSSR count). The number of fused-ring (bicyclic) bond motifs is 1. The average Bonchev–Trinajstić information content (AvgIpc) is 2.82. The van der Waals surface area contributed by atoms with Crippen LogP contribution in [-0.4, -0.2) is 20.5 Å². The summed E-state index contributed by atoms with van der Waals surface area (Å²) in [5.41, 5.74) is 4.26. The lowest BCUT2D eigenvalue weighted by Crippen LogP contribution is -1.96. The summed E-state index contributed by atoms with van der Waals surface area (Å²) in [6.45, 7) is 2.06. The molecule has 3 aromatic rings. The molecule has 4 nitrogen and oxygen atoms in total. The van der Waals surface area contributed by atoms with Crippen LogP contribution < -0.4 is 0 Å². The van der Waals surface area contributed by atoms with Gasteiger partial charge in [0.2, 0.25) is 0 Å². The number of hydrogen-bond acceptors (Lipinski definition) is 2. The number of rotatable bonds is 3. The molecular formula is C16H14N2O2. The lowest BCUT2D eigenvalue weighted by Gasteiger charge is -1.98. The van der Waals surface area contributed by atoms with Gasteiger partial charge in [0.15, 0.2) is 0 Å². The minimum absolute atomic E-state index is 0.255. The summed E-state index contributed by atoms with van der Waals surface area (Å²) in [6.07, 6.45) is 4.40. The number of aryl methyl sites for hydroxylation is 1. The molecule has 0 unspecified atom stereocenters. The van der Waals surface area contributed by atoms with Crippen LogP contribution in [0.1, 0.15) is 27.2 Å². The Hall–Kier alpha value is -2.62. The minimum atomic E-state index is -0.935. The molecular weight excluding hydrogens is 252 g/mol. The first-order valence-electron chi connectivity index (χ1n) is 6.38. The number of carboxylic acids is 1. The molecule has 0 saturated heterocycles. The molecule has 0 aliphatic rings. The summed E-state index contributed by atoms with van der Waals surface area (Å²) >= 11 is 0. The molecule has 0 radical (unpaired) electrons. The van der Waals surface area contributed by atoms with Gasteiger partial charge in [-0.15, -0.1) is 0 Å². The number of aromatic nitrogens is 2. The van der Waals surface area contributed by atoms with Crippen molar-refractivity contribution >= 4 is 11.6 Å². The first-order chi connectivity index (χ1) is 9.61. The summed E-state index contributed by atoms with van der Waals surface area (Å²) in [7, 11) is 0. The highest BCUT2D eigenvalue weighted by molar-refractivity contribution is 5.88. The summed E-state index contributed by atoms with van der Waals surface area (Å²) in [4.78, 5) is 15.4. The molecule has 0 fully saturated rings. The standard InChI is InChI=1S/C16H14N2O2/c1-11-2-4-12(5-3-11)8-14-10-18-7-6-13(16(19)20)9-15(18)17-14/h2-7,9-10H,8H2,1H3,(H,19,20). The van der Waals surface area contributed by atoms with Crippen LogP contribution in [0.2, 0.25) is 0 Å². The molecule has 20 heavy (non-hydrogen) atoms. The smallest absolute Gasteiger partial charge is 0.335 e. The summed E-state index contributed by atoms with van der Waals surface area (Å²) < 4.78 is 1.84. The zero-order valence-electron chi connectivity index (χ0n) is 11.1. The SMILES string of the molecule is Cc1ccc(Cc2cn3ccc(C(=O)O)cc3n2)cc1. The number of benzene rings is 1. The van der Waals surface area contributed by atoms with E-state index in [2.05, 4.69) is 36.2 Å². The van der Waals surface area contributed by atoms with Gasteiger partial charge in [-0.1, -0.05) is 29.8 Å². The first kappa shape index (κ1) is 12.4. The van der Waals surface area contributed by atoms with Gasteiger partial charge in [0.25, 0.3) is 0 Å². The number of carbonyl (C=O) groups is 1. The Kier molecular flexibility index (Phi) is 2.99. The molecule has 1 N–H and O–H groups in total. The van der Waals surface area contributed by atoms with E-state index >= 15 is 0 Å². The van der Waals surface area contributed by atoms with Gasteiger partial charge < -0.3 is 9.51 Å². The zero-order chi connectivity index (χ0) is 14.1. The second kappa shape index (κ2) is 4.81. The average molecular weight is 266 g/mol. The van der Waals surface area contributed by atoms with E-state index in [1.807, 2.05) is 10.6 Å². The predicted molar refractivity (Wildman–Crippen MR) is 76.1 cm³/mol. The minimum Gasteiger partial charge on any atom is -0.478 e. The number of carboxylic acid groups (broad SMARTS) is 1. The molecule has 100 valence electrons. The number of aromatic carboxylic acids is 1. The number of nitrogens with zero attached hydrogens (tertiary/aromatic N) is 2. The molecule has 0 saturated carbocycles. The lowest BCUT2D eigenvalue weighted by atomic mass is 10.1. The fourth-order valence-corrected chi connectivity index (χ4v) is 2.17. The Morgan fingerprint density at radius 3 is 2.70 bits per heavy atom. The normalized spacial score (nSPS) is 10.8. The van der Waals surface area contributed by atoms with Crippen molar-refractivity contribution < 1.29 is 9.90 Å².